The summed E-state index contributed by atoms with van der Waals surface area (Å²) < 4.78 is 5.15. The Kier molecular flexibility index (Phi) is 24.5. The number of carbonyl (C=O) groups excluding carboxylic acids is 1. The summed E-state index contributed by atoms with van der Waals surface area (Å²) in [5.74, 6) is 1.64. The number of nitrogens with zero attached hydrogens (tertiary/aromatic N) is 2. The van der Waals surface area contributed by atoms with Crippen LogP contribution >= 0.6 is 0 Å². The third-order valence-electron chi connectivity index (χ3n) is 5.77. The van der Waals surface area contributed by atoms with Gasteiger partial charge in [0.05, 0.1) is 0 Å². The minimum absolute atomic E-state index is 0.00603. The molecule has 0 aromatic carbocycles. The van der Waals surface area contributed by atoms with Crippen molar-refractivity contribution in [1.82, 2.24) is 10.2 Å². The van der Waals surface area contributed by atoms with Gasteiger partial charge in [0.25, 0.3) is 5.56 Å². The zero-order chi connectivity index (χ0) is 26.2. The van der Waals surface area contributed by atoms with Gasteiger partial charge in [0, 0.05) is 38.9 Å². The molecule has 34 heavy (non-hydrogen) atoms. The molecule has 0 bridgehead atoms. The van der Waals surface area contributed by atoms with Crippen LogP contribution in [0.5, 0.6) is 0 Å². The van der Waals surface area contributed by atoms with Crippen LogP contribution in [0.25, 0.3) is 0 Å². The van der Waals surface area contributed by atoms with Crippen LogP contribution in [0.1, 0.15) is 126 Å². The Labute approximate surface area is 210 Å². The third-order valence-corrected chi connectivity index (χ3v) is 5.77. The van der Waals surface area contributed by atoms with Crippen LogP contribution in [-0.2, 0) is 9.53 Å². The van der Waals surface area contributed by atoms with Crippen molar-refractivity contribution in [1.29, 1.82) is 0 Å². The van der Waals surface area contributed by atoms with Crippen LogP contribution in [0.3, 0.4) is 0 Å². The molecule has 0 atom stereocenters. The van der Waals surface area contributed by atoms with Gasteiger partial charge in [0.1, 0.15) is 11.9 Å². The lowest BCUT2D eigenvalue weighted by Gasteiger charge is -2.31. The number of carbonyl (C=O) groups is 1. The van der Waals surface area contributed by atoms with Gasteiger partial charge in [-0.1, -0.05) is 106 Å². The number of aromatic nitrogens is 2. The second-order valence-corrected chi connectivity index (χ2v) is 8.63. The molecule has 0 spiro atoms. The number of ether oxygens (including phenoxy) is 1. The van der Waals surface area contributed by atoms with Gasteiger partial charge >= 0.3 is 5.97 Å². The highest BCUT2D eigenvalue weighted by Crippen LogP contribution is 2.28. The van der Waals surface area contributed by atoms with Crippen LogP contribution in [0.2, 0.25) is 0 Å². The number of rotatable bonds is 6. The first-order valence-corrected chi connectivity index (χ1v) is 13.9. The van der Waals surface area contributed by atoms with E-state index < -0.39 is 0 Å². The highest BCUT2D eigenvalue weighted by atomic mass is 16.5. The van der Waals surface area contributed by atoms with Crippen LogP contribution in [0.15, 0.2) is 16.9 Å². The van der Waals surface area contributed by atoms with Gasteiger partial charge in [-0.05, 0) is 12.0 Å². The summed E-state index contributed by atoms with van der Waals surface area (Å²) in [6.45, 7) is 18.0. The van der Waals surface area contributed by atoms with E-state index >= 15 is 0 Å². The molecular weight excluding hydrogens is 426 g/mol. The van der Waals surface area contributed by atoms with E-state index in [0.29, 0.717) is 0 Å². The molecule has 1 aliphatic carbocycles. The van der Waals surface area contributed by atoms with Crippen molar-refractivity contribution in [2.24, 2.45) is 5.92 Å². The Morgan fingerprint density at radius 3 is 1.79 bits per heavy atom. The van der Waals surface area contributed by atoms with Crippen LogP contribution < -0.4 is 10.5 Å². The van der Waals surface area contributed by atoms with Crippen molar-refractivity contribution in [2.45, 2.75) is 132 Å². The minimum Gasteiger partial charge on any atom is -0.462 e. The van der Waals surface area contributed by atoms with E-state index in [-0.39, 0.29) is 17.6 Å². The number of piperidine rings is 1. The Morgan fingerprint density at radius 1 is 0.971 bits per heavy atom. The fourth-order valence-corrected chi connectivity index (χ4v) is 3.21. The number of aromatic amines is 1. The highest BCUT2D eigenvalue weighted by Gasteiger charge is 2.22. The first kappa shape index (κ1) is 34.3. The van der Waals surface area contributed by atoms with Crippen molar-refractivity contribution < 1.29 is 9.53 Å². The number of unbranched alkanes of at least 4 members (excludes halogenated alkanes) is 3. The quantitative estimate of drug-likeness (QED) is 0.425. The van der Waals surface area contributed by atoms with Gasteiger partial charge in [0.15, 0.2) is 0 Å². The fourth-order valence-electron chi connectivity index (χ4n) is 3.21. The van der Waals surface area contributed by atoms with Gasteiger partial charge in [-0.15, -0.1) is 0 Å². The monoisotopic (exact) mass is 481 g/mol. The van der Waals surface area contributed by atoms with Gasteiger partial charge < -0.3 is 9.64 Å². The normalized spacial score (nSPS) is 14.9. The van der Waals surface area contributed by atoms with Crippen molar-refractivity contribution in [3.63, 3.8) is 0 Å². The number of H-pyrrole nitrogens is 1. The summed E-state index contributed by atoms with van der Waals surface area (Å²) in [6, 6.07) is 3.16. The number of esters is 1. The molecule has 200 valence electrons. The first-order chi connectivity index (χ1) is 16.4. The molecule has 0 unspecified atom stereocenters. The highest BCUT2D eigenvalue weighted by molar-refractivity contribution is 5.66. The molecular formula is C28H55N3O3. The molecule has 6 nitrogen and oxygen atoms in total. The standard InChI is InChI=1S/C11H15N3O3.C6H12.C5H12.C4H10.C2H6/c1-8(15)17-9-4-6-14(7-5-9)10-2-3-11(16)13-12-10;1-2-6-4-3-5-6;1-3-5-4-2;1-3-4-2;1-2/h2-3,9H,4-7H2,1H3,(H,13,16);6H,2-5H2,1H3;3-5H2,1-2H3;3-4H2,1-2H3;1-2H3. The zero-order valence-corrected chi connectivity index (χ0v) is 23.6. The second kappa shape index (κ2) is 24.3. The van der Waals surface area contributed by atoms with E-state index in [9.17, 15) is 9.59 Å². The van der Waals surface area contributed by atoms with Crippen molar-refractivity contribution in [3.05, 3.63) is 22.5 Å². The van der Waals surface area contributed by atoms with Crippen molar-refractivity contribution in [3.8, 4) is 0 Å². The van der Waals surface area contributed by atoms with Crippen molar-refractivity contribution >= 4 is 11.8 Å². The smallest absolute Gasteiger partial charge is 0.302 e. The summed E-state index contributed by atoms with van der Waals surface area (Å²) in [7, 11) is 0. The summed E-state index contributed by atoms with van der Waals surface area (Å²) in [5, 5.41) is 6.38. The van der Waals surface area contributed by atoms with E-state index in [4.69, 9.17) is 4.74 Å². The Bertz CT molecular complexity index is 594. The molecule has 2 fully saturated rings. The van der Waals surface area contributed by atoms with Gasteiger partial charge in [-0.25, -0.2) is 5.10 Å². The van der Waals surface area contributed by atoms with Crippen molar-refractivity contribution in [2.75, 3.05) is 18.0 Å². The molecule has 0 amide bonds. The molecule has 1 N–H and O–H groups in total. The van der Waals surface area contributed by atoms with Gasteiger partial charge in [-0.3, -0.25) is 9.59 Å². The Hall–Kier alpha value is -1.85. The van der Waals surface area contributed by atoms with E-state index in [1.54, 1.807) is 6.07 Å². The lowest BCUT2D eigenvalue weighted by Crippen LogP contribution is -2.38. The number of anilines is 1. The number of nitrogens with one attached hydrogen (secondary N) is 1. The van der Waals surface area contributed by atoms with E-state index in [1.807, 2.05) is 13.8 Å². The first-order valence-electron chi connectivity index (χ1n) is 13.9. The summed E-state index contributed by atoms with van der Waals surface area (Å²) in [4.78, 5) is 23.8. The summed E-state index contributed by atoms with van der Waals surface area (Å²) in [6.07, 6.45) is 14.2. The van der Waals surface area contributed by atoms with Crippen LogP contribution in [0.4, 0.5) is 5.82 Å². The third kappa shape index (κ3) is 18.6. The average molecular weight is 482 g/mol. The molecule has 3 rings (SSSR count). The fraction of sp³-hybridized carbons (Fsp3) is 0.821. The SMILES string of the molecule is CC.CC(=O)OC1CCN(c2ccc(=O)[nH]n2)CC1.CCC1CCC1.CCCC.CCCCC. The Morgan fingerprint density at radius 2 is 1.53 bits per heavy atom. The van der Waals surface area contributed by atoms with Gasteiger partial charge in [0.2, 0.25) is 0 Å². The Balaban J connectivity index is 0. The molecule has 2 aliphatic rings. The molecule has 6 heteroatoms. The molecule has 1 aromatic heterocycles. The lowest BCUT2D eigenvalue weighted by molar-refractivity contribution is -0.147. The maximum absolute atomic E-state index is 10.9. The summed E-state index contributed by atoms with van der Waals surface area (Å²) >= 11 is 0. The summed E-state index contributed by atoms with van der Waals surface area (Å²) in [5.41, 5.74) is -0.205. The largest absolute Gasteiger partial charge is 0.462 e. The molecule has 1 saturated heterocycles. The predicted molar refractivity (Wildman–Crippen MR) is 147 cm³/mol. The lowest BCUT2D eigenvalue weighted by atomic mass is 9.84. The molecule has 1 aliphatic heterocycles. The molecule has 1 saturated carbocycles. The van der Waals surface area contributed by atoms with Gasteiger partial charge in [-0.2, -0.15) is 5.10 Å². The predicted octanol–water partition coefficient (Wildman–Crippen LogP) is 7.53. The molecule has 1 aromatic rings. The van der Waals surface area contributed by atoms with E-state index in [1.165, 1.54) is 70.8 Å². The second-order valence-electron chi connectivity index (χ2n) is 8.63. The van der Waals surface area contributed by atoms with E-state index in [2.05, 4.69) is 49.7 Å². The van der Waals surface area contributed by atoms with Crippen LogP contribution in [0, 0.1) is 5.92 Å². The maximum Gasteiger partial charge on any atom is 0.302 e. The number of hydrogen-bond donors (Lipinski definition) is 1. The zero-order valence-electron chi connectivity index (χ0n) is 23.6. The molecule has 0 radical (unpaired) electrons. The average Bonchev–Trinajstić information content (AvgIpc) is 2.82. The van der Waals surface area contributed by atoms with E-state index in [0.717, 1.165) is 37.7 Å². The number of hydrogen-bond acceptors (Lipinski definition) is 5. The topological polar surface area (TPSA) is 75.3 Å². The molecule has 2 heterocycles. The maximum atomic E-state index is 10.9. The van der Waals surface area contributed by atoms with Crippen LogP contribution in [-0.4, -0.2) is 35.4 Å². The minimum atomic E-state index is -0.231.